The van der Waals surface area contributed by atoms with E-state index in [9.17, 15) is 0 Å². The molecule has 0 aliphatic heterocycles. The van der Waals surface area contributed by atoms with Gasteiger partial charge in [-0.3, -0.25) is 0 Å². The lowest BCUT2D eigenvalue weighted by Gasteiger charge is -2.44. The van der Waals surface area contributed by atoms with Crippen molar-refractivity contribution in [2.75, 3.05) is 0 Å². The Morgan fingerprint density at radius 1 is 0.750 bits per heavy atom. The second-order valence-electron chi connectivity index (χ2n) is 9.72. The highest BCUT2D eigenvalue weighted by molar-refractivity contribution is 5.89. The van der Waals surface area contributed by atoms with Crippen LogP contribution < -0.4 is 0 Å². The summed E-state index contributed by atoms with van der Waals surface area (Å²) in [6, 6.07) is 17.5. The van der Waals surface area contributed by atoms with E-state index >= 15 is 0 Å². The molecule has 2 aromatic heterocycles. The predicted octanol–water partition coefficient (Wildman–Crippen LogP) is 7.17. The van der Waals surface area contributed by atoms with E-state index in [-0.39, 0.29) is 5.41 Å². The average molecular weight is 371 g/mol. The Bertz CT molecular complexity index is 1040. The van der Waals surface area contributed by atoms with Crippen molar-refractivity contribution in [3.05, 3.63) is 72.1 Å². The number of aromatic nitrogens is 2. The Kier molecular flexibility index (Phi) is 3.94. The van der Waals surface area contributed by atoms with Crippen molar-refractivity contribution in [3.63, 3.8) is 0 Å². The highest BCUT2D eigenvalue weighted by Crippen LogP contribution is 2.52. The number of rotatable bonds is 2. The fourth-order valence-corrected chi connectivity index (χ4v) is 5.60. The lowest BCUT2D eigenvalue weighted by molar-refractivity contribution is 0.147. The zero-order valence-electron chi connectivity index (χ0n) is 17.2. The first-order valence-electron chi connectivity index (χ1n) is 10.6. The van der Waals surface area contributed by atoms with Gasteiger partial charge in [0.25, 0.3) is 0 Å². The zero-order valence-corrected chi connectivity index (χ0v) is 17.2. The third kappa shape index (κ3) is 2.62. The molecule has 0 radical (unpaired) electrons. The first-order chi connectivity index (χ1) is 13.5. The summed E-state index contributed by atoms with van der Waals surface area (Å²) in [7, 11) is 0. The van der Waals surface area contributed by atoms with E-state index in [4.69, 9.17) is 0 Å². The van der Waals surface area contributed by atoms with Crippen LogP contribution in [0.15, 0.2) is 60.9 Å². The molecule has 1 aliphatic rings. The largest absolute Gasteiger partial charge is 0.361 e. The molecule has 2 N–H and O–H groups in total. The number of nitrogens with one attached hydrogen (secondary N) is 2. The van der Waals surface area contributed by atoms with Crippen molar-refractivity contribution < 1.29 is 0 Å². The van der Waals surface area contributed by atoms with E-state index in [2.05, 4.69) is 91.7 Å². The normalized spacial score (nSPS) is 18.1. The highest BCUT2D eigenvalue weighted by Gasteiger charge is 2.43. The molecule has 2 nitrogen and oxygen atoms in total. The van der Waals surface area contributed by atoms with Crippen LogP contribution in [0.4, 0.5) is 0 Å². The first-order valence-corrected chi connectivity index (χ1v) is 10.6. The van der Waals surface area contributed by atoms with Gasteiger partial charge in [0.2, 0.25) is 0 Å². The summed E-state index contributed by atoms with van der Waals surface area (Å²) in [5.74, 6) is 0.788. The summed E-state index contributed by atoms with van der Waals surface area (Å²) in [6.45, 7) is 7.21. The first kappa shape index (κ1) is 17.6. The quantitative estimate of drug-likeness (QED) is 0.375. The van der Waals surface area contributed by atoms with Gasteiger partial charge < -0.3 is 9.97 Å². The van der Waals surface area contributed by atoms with E-state index < -0.39 is 0 Å². The van der Waals surface area contributed by atoms with Gasteiger partial charge in [0.05, 0.1) is 0 Å². The SMILES string of the molecule is CC(C)(C)C1CCC(c2c[nH]c3ccccc23)(c2c[nH]c3ccccc23)CC1. The summed E-state index contributed by atoms with van der Waals surface area (Å²) in [4.78, 5) is 7.10. The van der Waals surface area contributed by atoms with Gasteiger partial charge in [-0.25, -0.2) is 0 Å². The Balaban J connectivity index is 1.70. The molecular weight excluding hydrogens is 340 g/mol. The summed E-state index contributed by atoms with van der Waals surface area (Å²) in [5.41, 5.74) is 5.89. The molecule has 0 spiro atoms. The van der Waals surface area contributed by atoms with E-state index in [1.807, 2.05) is 0 Å². The molecular formula is C26H30N2. The molecule has 0 saturated heterocycles. The van der Waals surface area contributed by atoms with Crippen LogP contribution in [0.2, 0.25) is 0 Å². The smallest absolute Gasteiger partial charge is 0.0457 e. The standard InChI is InChI=1S/C26H30N2/c1-25(2,3)18-12-14-26(15-13-18,21-16-27-23-10-6-4-8-19(21)23)22-17-28-24-11-7-5-9-20(22)24/h4-11,16-18,27-28H,12-15H2,1-3H3. The number of para-hydroxylation sites is 2. The predicted molar refractivity (Wildman–Crippen MR) is 119 cm³/mol. The molecule has 0 unspecified atom stereocenters. The van der Waals surface area contributed by atoms with Gasteiger partial charge in [0.15, 0.2) is 0 Å². The molecule has 1 saturated carbocycles. The monoisotopic (exact) mass is 370 g/mol. The minimum Gasteiger partial charge on any atom is -0.361 e. The Morgan fingerprint density at radius 3 is 1.68 bits per heavy atom. The molecule has 144 valence electrons. The summed E-state index contributed by atoms with van der Waals surface area (Å²) >= 11 is 0. The fourth-order valence-electron chi connectivity index (χ4n) is 5.60. The van der Waals surface area contributed by atoms with Crippen molar-refractivity contribution in [2.45, 2.75) is 51.9 Å². The van der Waals surface area contributed by atoms with Gasteiger partial charge in [-0.15, -0.1) is 0 Å². The van der Waals surface area contributed by atoms with Crippen LogP contribution in [0, 0.1) is 11.3 Å². The molecule has 1 fully saturated rings. The summed E-state index contributed by atoms with van der Waals surface area (Å²) in [5, 5.41) is 2.75. The van der Waals surface area contributed by atoms with Crippen LogP contribution in [0.1, 0.15) is 57.6 Å². The van der Waals surface area contributed by atoms with E-state index in [0.29, 0.717) is 5.41 Å². The van der Waals surface area contributed by atoms with Crippen LogP contribution in [-0.2, 0) is 5.41 Å². The maximum absolute atomic E-state index is 3.55. The molecule has 2 heteroatoms. The van der Waals surface area contributed by atoms with Crippen LogP contribution in [0.5, 0.6) is 0 Å². The number of fused-ring (bicyclic) bond motifs is 2. The third-order valence-corrected chi connectivity index (χ3v) is 7.27. The molecule has 0 atom stereocenters. The van der Waals surface area contributed by atoms with E-state index in [1.165, 1.54) is 58.6 Å². The number of benzene rings is 2. The second kappa shape index (κ2) is 6.27. The van der Waals surface area contributed by atoms with Crippen molar-refractivity contribution in [2.24, 2.45) is 11.3 Å². The van der Waals surface area contributed by atoms with Gasteiger partial charge in [-0.2, -0.15) is 0 Å². The van der Waals surface area contributed by atoms with Crippen molar-refractivity contribution in [3.8, 4) is 0 Å². The van der Waals surface area contributed by atoms with Crippen LogP contribution >= 0.6 is 0 Å². The Labute approximate surface area is 167 Å². The fraction of sp³-hybridized carbons (Fsp3) is 0.385. The summed E-state index contributed by atoms with van der Waals surface area (Å²) < 4.78 is 0. The number of aromatic amines is 2. The molecule has 28 heavy (non-hydrogen) atoms. The second-order valence-corrected chi connectivity index (χ2v) is 9.72. The van der Waals surface area contributed by atoms with E-state index in [0.717, 1.165) is 5.92 Å². The van der Waals surface area contributed by atoms with Crippen molar-refractivity contribution >= 4 is 21.8 Å². The molecule has 4 aromatic rings. The third-order valence-electron chi connectivity index (χ3n) is 7.27. The van der Waals surface area contributed by atoms with Crippen LogP contribution in [0.3, 0.4) is 0 Å². The van der Waals surface area contributed by atoms with Crippen LogP contribution in [0.25, 0.3) is 21.8 Å². The van der Waals surface area contributed by atoms with Gasteiger partial charge in [-0.05, 0) is 60.3 Å². The van der Waals surface area contributed by atoms with Crippen LogP contribution in [-0.4, -0.2) is 9.97 Å². The molecule has 0 bridgehead atoms. The van der Waals surface area contributed by atoms with Gasteiger partial charge >= 0.3 is 0 Å². The lowest BCUT2D eigenvalue weighted by atomic mass is 9.59. The Hall–Kier alpha value is -2.48. The number of H-pyrrole nitrogens is 2. The molecule has 5 rings (SSSR count). The lowest BCUT2D eigenvalue weighted by Crippen LogP contribution is -2.36. The van der Waals surface area contributed by atoms with Gasteiger partial charge in [-0.1, -0.05) is 57.2 Å². The van der Waals surface area contributed by atoms with Gasteiger partial charge in [0, 0.05) is 39.6 Å². The molecule has 2 heterocycles. The van der Waals surface area contributed by atoms with Gasteiger partial charge in [0.1, 0.15) is 0 Å². The van der Waals surface area contributed by atoms with E-state index in [1.54, 1.807) is 0 Å². The molecule has 2 aromatic carbocycles. The van der Waals surface area contributed by atoms with Crippen molar-refractivity contribution in [1.29, 1.82) is 0 Å². The molecule has 1 aliphatic carbocycles. The summed E-state index contributed by atoms with van der Waals surface area (Å²) in [6.07, 6.45) is 9.54. The maximum atomic E-state index is 3.55. The highest BCUT2D eigenvalue weighted by atomic mass is 14.7. The molecule has 0 amide bonds. The average Bonchev–Trinajstić information content (AvgIpc) is 3.32. The minimum atomic E-state index is 0.0704. The minimum absolute atomic E-state index is 0.0704. The maximum Gasteiger partial charge on any atom is 0.0457 e. The van der Waals surface area contributed by atoms with Crippen molar-refractivity contribution in [1.82, 2.24) is 9.97 Å². The number of hydrogen-bond acceptors (Lipinski definition) is 0. The Morgan fingerprint density at radius 2 is 1.21 bits per heavy atom. The zero-order chi connectivity index (χ0) is 19.4. The topological polar surface area (TPSA) is 31.6 Å². The number of hydrogen-bond donors (Lipinski definition) is 2.